The van der Waals surface area contributed by atoms with Crippen LogP contribution < -0.4 is 4.90 Å². The molecule has 3 aliphatic rings. The minimum atomic E-state index is 0.103. The van der Waals surface area contributed by atoms with Crippen LogP contribution in [-0.2, 0) is 4.74 Å². The van der Waals surface area contributed by atoms with E-state index < -0.39 is 0 Å². The van der Waals surface area contributed by atoms with Gasteiger partial charge in [-0.15, -0.1) is 0 Å². The SMILES string of the molecule is O=C(c1ccc2nc(N3CC[C@@H](N4CCCCC4)C3)sc2c1)N1CCOCC1. The number of benzene rings is 1. The van der Waals surface area contributed by atoms with Crippen LogP contribution in [0.25, 0.3) is 10.2 Å². The number of aromatic nitrogens is 1. The van der Waals surface area contributed by atoms with E-state index in [9.17, 15) is 4.79 Å². The topological polar surface area (TPSA) is 48.9 Å². The number of carbonyl (C=O) groups is 1. The number of ether oxygens (including phenoxy) is 1. The molecule has 2 aromatic rings. The van der Waals surface area contributed by atoms with Gasteiger partial charge in [0.25, 0.3) is 5.91 Å². The maximum Gasteiger partial charge on any atom is 0.254 e. The van der Waals surface area contributed by atoms with Gasteiger partial charge >= 0.3 is 0 Å². The summed E-state index contributed by atoms with van der Waals surface area (Å²) in [5.74, 6) is 0.103. The number of anilines is 1. The standard InChI is InChI=1S/C21H28N4O2S/c26-20(24-10-12-27-13-11-24)16-4-5-18-19(14-16)28-21(22-18)25-9-6-17(15-25)23-7-2-1-3-8-23/h4-5,14,17H,1-3,6-13,15H2/t17-/m1/s1. The van der Waals surface area contributed by atoms with Gasteiger partial charge in [-0.3, -0.25) is 9.69 Å². The van der Waals surface area contributed by atoms with Gasteiger partial charge in [0.15, 0.2) is 5.13 Å². The summed E-state index contributed by atoms with van der Waals surface area (Å²) in [6.45, 7) is 7.29. The number of piperidine rings is 1. The van der Waals surface area contributed by atoms with Gasteiger partial charge in [0, 0.05) is 37.8 Å². The molecule has 0 N–H and O–H groups in total. The molecule has 1 amide bonds. The Hall–Kier alpha value is -1.70. The molecule has 3 saturated heterocycles. The van der Waals surface area contributed by atoms with Crippen LogP contribution in [0.5, 0.6) is 0 Å². The van der Waals surface area contributed by atoms with Crippen molar-refractivity contribution in [2.45, 2.75) is 31.7 Å². The first-order valence-electron chi connectivity index (χ1n) is 10.5. The van der Waals surface area contributed by atoms with Crippen LogP contribution in [0, 0.1) is 0 Å². The molecule has 1 aromatic carbocycles. The molecule has 150 valence electrons. The lowest BCUT2D eigenvalue weighted by molar-refractivity contribution is 0.0303. The summed E-state index contributed by atoms with van der Waals surface area (Å²) >= 11 is 1.72. The molecule has 3 fully saturated rings. The summed E-state index contributed by atoms with van der Waals surface area (Å²) in [5.41, 5.74) is 1.76. The molecule has 28 heavy (non-hydrogen) atoms. The van der Waals surface area contributed by atoms with Crippen molar-refractivity contribution < 1.29 is 9.53 Å². The van der Waals surface area contributed by atoms with E-state index in [0.717, 1.165) is 34.0 Å². The van der Waals surface area contributed by atoms with Crippen LogP contribution in [0.1, 0.15) is 36.0 Å². The van der Waals surface area contributed by atoms with Gasteiger partial charge in [0.2, 0.25) is 0 Å². The van der Waals surface area contributed by atoms with E-state index in [1.54, 1.807) is 11.3 Å². The van der Waals surface area contributed by atoms with E-state index in [1.165, 1.54) is 38.8 Å². The number of nitrogens with zero attached hydrogens (tertiary/aromatic N) is 4. The molecule has 0 saturated carbocycles. The summed E-state index contributed by atoms with van der Waals surface area (Å²) in [5, 5.41) is 1.10. The molecule has 4 heterocycles. The Morgan fingerprint density at radius 3 is 2.71 bits per heavy atom. The largest absolute Gasteiger partial charge is 0.378 e. The first kappa shape index (κ1) is 18.3. The van der Waals surface area contributed by atoms with Gasteiger partial charge in [0.1, 0.15) is 0 Å². The van der Waals surface area contributed by atoms with Crippen molar-refractivity contribution in [1.29, 1.82) is 0 Å². The molecule has 1 aromatic heterocycles. The molecule has 0 unspecified atom stereocenters. The molecule has 3 aliphatic heterocycles. The molecule has 0 aliphatic carbocycles. The van der Waals surface area contributed by atoms with Gasteiger partial charge in [-0.2, -0.15) is 0 Å². The average Bonchev–Trinajstić information content (AvgIpc) is 3.41. The lowest BCUT2D eigenvalue weighted by atomic mass is 10.1. The van der Waals surface area contributed by atoms with Gasteiger partial charge in [-0.1, -0.05) is 17.8 Å². The van der Waals surface area contributed by atoms with Gasteiger partial charge in [0.05, 0.1) is 23.4 Å². The van der Waals surface area contributed by atoms with E-state index in [-0.39, 0.29) is 5.91 Å². The van der Waals surface area contributed by atoms with Gasteiger partial charge in [-0.05, 0) is 50.6 Å². The number of carbonyl (C=O) groups excluding carboxylic acids is 1. The fraction of sp³-hybridized carbons (Fsp3) is 0.619. The van der Waals surface area contributed by atoms with E-state index >= 15 is 0 Å². The van der Waals surface area contributed by atoms with Gasteiger partial charge in [-0.25, -0.2) is 4.98 Å². The molecule has 0 radical (unpaired) electrons. The van der Waals surface area contributed by atoms with E-state index in [0.29, 0.717) is 32.3 Å². The highest BCUT2D eigenvalue weighted by Gasteiger charge is 2.30. The number of likely N-dealkylation sites (tertiary alicyclic amines) is 1. The first-order valence-corrected chi connectivity index (χ1v) is 11.4. The number of morpholine rings is 1. The van der Waals surface area contributed by atoms with Crippen LogP contribution >= 0.6 is 11.3 Å². The average molecular weight is 401 g/mol. The Bertz CT molecular complexity index is 842. The molecule has 0 spiro atoms. The van der Waals surface area contributed by atoms with Crippen molar-refractivity contribution in [3.8, 4) is 0 Å². The summed E-state index contributed by atoms with van der Waals surface area (Å²) in [4.78, 5) is 24.6. The predicted octanol–water partition coefficient (Wildman–Crippen LogP) is 2.83. The van der Waals surface area contributed by atoms with Gasteiger partial charge < -0.3 is 14.5 Å². The van der Waals surface area contributed by atoms with Crippen molar-refractivity contribution in [2.24, 2.45) is 0 Å². The fourth-order valence-electron chi connectivity index (χ4n) is 4.63. The Kier molecular flexibility index (Phi) is 5.22. The minimum absolute atomic E-state index is 0.103. The normalized spacial score (nSPS) is 24.2. The van der Waals surface area contributed by atoms with Crippen molar-refractivity contribution in [1.82, 2.24) is 14.8 Å². The fourth-order valence-corrected chi connectivity index (χ4v) is 5.67. The lowest BCUT2D eigenvalue weighted by Gasteiger charge is -2.32. The maximum absolute atomic E-state index is 12.8. The van der Waals surface area contributed by atoms with E-state index in [1.807, 2.05) is 23.1 Å². The summed E-state index contributed by atoms with van der Waals surface area (Å²) in [6.07, 6.45) is 5.31. The minimum Gasteiger partial charge on any atom is -0.378 e. The highest BCUT2D eigenvalue weighted by Crippen LogP contribution is 2.33. The molecule has 6 nitrogen and oxygen atoms in total. The van der Waals surface area contributed by atoms with Crippen molar-refractivity contribution in [3.63, 3.8) is 0 Å². The summed E-state index contributed by atoms with van der Waals surface area (Å²) in [6, 6.07) is 6.61. The zero-order valence-electron chi connectivity index (χ0n) is 16.3. The van der Waals surface area contributed by atoms with Crippen molar-refractivity contribution in [2.75, 3.05) is 57.4 Å². The highest BCUT2D eigenvalue weighted by atomic mass is 32.1. The molecular weight excluding hydrogens is 372 g/mol. The Balaban J connectivity index is 1.30. The zero-order valence-corrected chi connectivity index (χ0v) is 17.1. The lowest BCUT2D eigenvalue weighted by Crippen LogP contribution is -2.40. The second-order valence-electron chi connectivity index (χ2n) is 8.07. The first-order chi connectivity index (χ1) is 13.8. The van der Waals surface area contributed by atoms with Crippen LogP contribution in [-0.4, -0.2) is 79.2 Å². The van der Waals surface area contributed by atoms with Crippen LogP contribution in [0.3, 0.4) is 0 Å². The van der Waals surface area contributed by atoms with Crippen molar-refractivity contribution in [3.05, 3.63) is 23.8 Å². The van der Waals surface area contributed by atoms with E-state index in [4.69, 9.17) is 9.72 Å². The third-order valence-electron chi connectivity index (χ3n) is 6.26. The second-order valence-corrected chi connectivity index (χ2v) is 9.08. The summed E-state index contributed by atoms with van der Waals surface area (Å²) < 4.78 is 6.46. The molecular formula is C21H28N4O2S. The Labute approximate surface area is 170 Å². The van der Waals surface area contributed by atoms with Crippen LogP contribution in [0.15, 0.2) is 18.2 Å². The monoisotopic (exact) mass is 400 g/mol. The number of fused-ring (bicyclic) bond motifs is 1. The number of rotatable bonds is 3. The quantitative estimate of drug-likeness (QED) is 0.793. The highest BCUT2D eigenvalue weighted by molar-refractivity contribution is 7.22. The van der Waals surface area contributed by atoms with Crippen LogP contribution in [0.2, 0.25) is 0 Å². The van der Waals surface area contributed by atoms with Crippen molar-refractivity contribution >= 4 is 32.6 Å². The second kappa shape index (κ2) is 7.97. The molecule has 7 heteroatoms. The van der Waals surface area contributed by atoms with Crippen LogP contribution in [0.4, 0.5) is 5.13 Å². The molecule has 5 rings (SSSR count). The summed E-state index contributed by atoms with van der Waals surface area (Å²) in [7, 11) is 0. The number of hydrogen-bond donors (Lipinski definition) is 0. The Morgan fingerprint density at radius 2 is 1.89 bits per heavy atom. The number of amides is 1. The number of hydrogen-bond acceptors (Lipinski definition) is 6. The zero-order chi connectivity index (χ0) is 18.9. The van der Waals surface area contributed by atoms with E-state index in [2.05, 4.69) is 9.80 Å². The third-order valence-corrected chi connectivity index (χ3v) is 7.34. The molecule has 1 atom stereocenters. The third kappa shape index (κ3) is 3.63. The maximum atomic E-state index is 12.8. The number of thiazole rings is 1. The Morgan fingerprint density at radius 1 is 1.07 bits per heavy atom. The smallest absolute Gasteiger partial charge is 0.254 e. The molecule has 0 bridgehead atoms. The predicted molar refractivity (Wildman–Crippen MR) is 112 cm³/mol.